The van der Waals surface area contributed by atoms with Gasteiger partial charge in [0.05, 0.1) is 11.5 Å². The average molecular weight is 545 g/mol. The molecule has 0 N–H and O–H groups in total. The van der Waals surface area contributed by atoms with Crippen LogP contribution in [0.1, 0.15) is 47.1 Å². The first kappa shape index (κ1) is 30.3. The lowest BCUT2D eigenvalue weighted by Crippen LogP contribution is -2.54. The quantitative estimate of drug-likeness (QED) is 0.232. The molecule has 1 aliphatic rings. The van der Waals surface area contributed by atoms with Crippen LogP contribution in [0.25, 0.3) is 0 Å². The fourth-order valence-electron chi connectivity index (χ4n) is 3.24. The molecule has 4 atom stereocenters. The smallest absolute Gasteiger partial charge is 0.297 e. The largest absolute Gasteiger partial charge is 0.408 e. The summed E-state index contributed by atoms with van der Waals surface area (Å²) in [6.45, 7) is 22.9. The highest BCUT2D eigenvalue weighted by Gasteiger charge is 2.53. The standard InChI is InChI=1S/C25H44O7SSi2/c1-18-12-14-19(15-13-18)33(27,28)29-17-21-23(32-35(10,11)25(5,6)7)22(20(16-26)30-21)31-34(8,9)24(2,3)4/h12-16,20-23H,17H2,1-11H3/t20-,21-,22-,23-/m1/s1. The number of rotatable bonds is 9. The molecule has 0 amide bonds. The lowest BCUT2D eigenvalue weighted by Gasteiger charge is -2.43. The Hall–Kier alpha value is -0.886. The van der Waals surface area contributed by atoms with Crippen LogP contribution in [0.4, 0.5) is 0 Å². The van der Waals surface area contributed by atoms with Gasteiger partial charge in [-0.3, -0.25) is 4.18 Å². The van der Waals surface area contributed by atoms with Crippen molar-refractivity contribution in [2.75, 3.05) is 6.61 Å². The topological polar surface area (TPSA) is 88.1 Å². The summed E-state index contributed by atoms with van der Waals surface area (Å²) in [6.07, 6.45) is -2.18. The Bertz CT molecular complexity index is 977. The summed E-state index contributed by atoms with van der Waals surface area (Å²) >= 11 is 0. The summed E-state index contributed by atoms with van der Waals surface area (Å²) in [5.41, 5.74) is 0.949. The van der Waals surface area contributed by atoms with Gasteiger partial charge in [-0.05, 0) is 55.3 Å². The van der Waals surface area contributed by atoms with Crippen LogP contribution < -0.4 is 0 Å². The highest BCUT2D eigenvalue weighted by molar-refractivity contribution is 7.86. The van der Waals surface area contributed by atoms with Crippen LogP contribution in [-0.2, 0) is 32.7 Å². The van der Waals surface area contributed by atoms with Crippen LogP contribution in [0, 0.1) is 6.92 Å². The number of carbonyl (C=O) groups excluding carboxylic acids is 1. The number of carbonyl (C=O) groups is 1. The molecule has 0 unspecified atom stereocenters. The molecule has 1 aliphatic heterocycles. The first-order chi connectivity index (χ1) is 15.7. The van der Waals surface area contributed by atoms with E-state index in [0.717, 1.165) is 11.8 Å². The summed E-state index contributed by atoms with van der Waals surface area (Å²) in [7, 11) is -8.63. The predicted molar refractivity (Wildman–Crippen MR) is 143 cm³/mol. The highest BCUT2D eigenvalue weighted by Crippen LogP contribution is 2.43. The summed E-state index contributed by atoms with van der Waals surface area (Å²) in [6, 6.07) is 6.47. The molecule has 0 aromatic heterocycles. The minimum atomic E-state index is -4.00. The molecule has 0 saturated carbocycles. The van der Waals surface area contributed by atoms with Crippen molar-refractivity contribution < 1.29 is 31.0 Å². The van der Waals surface area contributed by atoms with E-state index in [9.17, 15) is 13.2 Å². The lowest BCUT2D eigenvalue weighted by molar-refractivity contribution is -0.120. The van der Waals surface area contributed by atoms with Gasteiger partial charge in [-0.1, -0.05) is 59.2 Å². The highest BCUT2D eigenvalue weighted by atomic mass is 32.2. The zero-order valence-electron chi connectivity index (χ0n) is 23.2. The zero-order chi connectivity index (χ0) is 27.0. The molecule has 1 aromatic rings. The summed E-state index contributed by atoms with van der Waals surface area (Å²) in [4.78, 5) is 12.1. The van der Waals surface area contributed by atoms with E-state index >= 15 is 0 Å². The van der Waals surface area contributed by atoms with Crippen molar-refractivity contribution in [3.63, 3.8) is 0 Å². The van der Waals surface area contributed by atoms with Crippen LogP contribution in [-0.4, -0.2) is 62.4 Å². The predicted octanol–water partition coefficient (Wildman–Crippen LogP) is 5.45. The second-order valence-electron chi connectivity index (χ2n) is 12.5. The second-order valence-corrected chi connectivity index (χ2v) is 23.6. The zero-order valence-corrected chi connectivity index (χ0v) is 26.0. The molecule has 1 aromatic carbocycles. The lowest BCUT2D eigenvalue weighted by atomic mass is 10.1. The third-order valence-corrected chi connectivity index (χ3v) is 17.9. The van der Waals surface area contributed by atoms with Gasteiger partial charge in [0.2, 0.25) is 0 Å². The normalized spacial score (nSPS) is 24.5. The summed E-state index contributed by atoms with van der Waals surface area (Å²) in [5.74, 6) is 0. The van der Waals surface area contributed by atoms with E-state index in [-0.39, 0.29) is 21.6 Å². The van der Waals surface area contributed by atoms with Crippen molar-refractivity contribution in [3.8, 4) is 0 Å². The van der Waals surface area contributed by atoms with Crippen LogP contribution in [0.5, 0.6) is 0 Å². The van der Waals surface area contributed by atoms with Gasteiger partial charge in [0.1, 0.15) is 24.4 Å². The molecule has 0 bridgehead atoms. The van der Waals surface area contributed by atoms with Gasteiger partial charge in [-0.2, -0.15) is 8.42 Å². The molecule has 2 rings (SSSR count). The van der Waals surface area contributed by atoms with E-state index in [1.807, 2.05) is 6.92 Å². The molecule has 0 radical (unpaired) electrons. The molecule has 1 fully saturated rings. The Kier molecular flexibility index (Phi) is 9.07. The number of hydrogen-bond acceptors (Lipinski definition) is 7. The monoisotopic (exact) mass is 544 g/mol. The van der Waals surface area contributed by atoms with Crippen LogP contribution in [0.15, 0.2) is 29.2 Å². The van der Waals surface area contributed by atoms with Gasteiger partial charge in [-0.25, -0.2) is 0 Å². The minimum absolute atomic E-state index is 0.0731. The van der Waals surface area contributed by atoms with Gasteiger partial charge < -0.3 is 18.4 Å². The van der Waals surface area contributed by atoms with Crippen molar-refractivity contribution >= 4 is 33.0 Å². The molecule has 1 heterocycles. The average Bonchev–Trinajstić information content (AvgIpc) is 3.00. The van der Waals surface area contributed by atoms with Gasteiger partial charge in [0, 0.05) is 0 Å². The Labute approximate surface area is 214 Å². The minimum Gasteiger partial charge on any atom is -0.408 e. The summed E-state index contributed by atoms with van der Waals surface area (Å²) < 4.78 is 50.6. The number of benzene rings is 1. The van der Waals surface area contributed by atoms with Crippen molar-refractivity contribution in [1.82, 2.24) is 0 Å². The van der Waals surface area contributed by atoms with Crippen molar-refractivity contribution in [1.29, 1.82) is 0 Å². The maximum absolute atomic E-state index is 12.8. The SMILES string of the molecule is Cc1ccc(S(=O)(=O)OC[C@H]2O[C@H](C=O)[C@@H](O[Si](C)(C)C(C)(C)C)[C@@H]2O[Si](C)(C)C(C)(C)C)cc1. The number of ether oxygens (including phenoxy) is 1. The van der Waals surface area contributed by atoms with Crippen molar-refractivity contribution in [2.24, 2.45) is 0 Å². The first-order valence-electron chi connectivity index (χ1n) is 12.1. The van der Waals surface area contributed by atoms with E-state index < -0.39 is 51.2 Å². The van der Waals surface area contributed by atoms with Gasteiger partial charge >= 0.3 is 0 Å². The van der Waals surface area contributed by atoms with Crippen molar-refractivity contribution in [3.05, 3.63) is 29.8 Å². The number of hydrogen-bond donors (Lipinski definition) is 0. The van der Waals surface area contributed by atoms with Crippen LogP contribution in [0.2, 0.25) is 36.3 Å². The van der Waals surface area contributed by atoms with Gasteiger partial charge in [0.15, 0.2) is 22.9 Å². The van der Waals surface area contributed by atoms with Crippen LogP contribution >= 0.6 is 0 Å². The Balaban J connectivity index is 2.38. The van der Waals surface area contributed by atoms with Crippen LogP contribution in [0.3, 0.4) is 0 Å². The third kappa shape index (κ3) is 7.12. The molecule has 200 valence electrons. The molecular weight excluding hydrogens is 501 g/mol. The van der Waals surface area contributed by atoms with E-state index in [2.05, 4.69) is 67.7 Å². The molecule has 0 aliphatic carbocycles. The molecule has 35 heavy (non-hydrogen) atoms. The maximum Gasteiger partial charge on any atom is 0.297 e. The molecule has 0 spiro atoms. The Morgan fingerprint density at radius 1 is 0.886 bits per heavy atom. The molecule has 10 heteroatoms. The Morgan fingerprint density at radius 3 is 1.77 bits per heavy atom. The molecule has 7 nitrogen and oxygen atoms in total. The van der Waals surface area contributed by atoms with Crippen molar-refractivity contribution in [2.45, 2.75) is 114 Å². The fraction of sp³-hybridized carbons (Fsp3) is 0.720. The first-order valence-corrected chi connectivity index (χ1v) is 19.4. The second kappa shape index (κ2) is 10.5. The summed E-state index contributed by atoms with van der Waals surface area (Å²) in [5, 5.41) is -0.196. The molecular formula is C25H44O7SSi2. The third-order valence-electron chi connectivity index (χ3n) is 7.65. The number of aldehydes is 1. The molecule has 1 saturated heterocycles. The van der Waals surface area contributed by atoms with Gasteiger partial charge in [-0.15, -0.1) is 0 Å². The van der Waals surface area contributed by atoms with E-state index in [1.54, 1.807) is 12.1 Å². The maximum atomic E-state index is 12.8. The van der Waals surface area contributed by atoms with E-state index in [1.165, 1.54) is 12.1 Å². The van der Waals surface area contributed by atoms with Gasteiger partial charge in [0.25, 0.3) is 10.1 Å². The fourth-order valence-corrected chi connectivity index (χ4v) is 6.78. The number of aryl methyl sites for hydroxylation is 1. The Morgan fingerprint density at radius 2 is 1.34 bits per heavy atom. The van der Waals surface area contributed by atoms with E-state index in [0.29, 0.717) is 0 Å². The van der Waals surface area contributed by atoms with E-state index in [4.69, 9.17) is 17.8 Å².